The lowest BCUT2D eigenvalue weighted by Gasteiger charge is -2.37. The van der Waals surface area contributed by atoms with Gasteiger partial charge < -0.3 is 24.4 Å². The summed E-state index contributed by atoms with van der Waals surface area (Å²) < 4.78 is 16.5. The number of carbonyl (C=O) groups excluding carboxylic acids is 1. The molecule has 120 valence electrons. The zero-order chi connectivity index (χ0) is 15.4. The molecule has 0 bridgehead atoms. The SMILES string of the molecule is COc1ccc(NCC(=O)N2CCC3(CC2)OCCO3)cc1. The summed E-state index contributed by atoms with van der Waals surface area (Å²) in [6.07, 6.45) is 1.50. The zero-order valence-corrected chi connectivity index (χ0v) is 12.8. The number of ether oxygens (including phenoxy) is 3. The normalized spacial score (nSPS) is 20.1. The Morgan fingerprint density at radius 2 is 1.86 bits per heavy atom. The molecule has 1 amide bonds. The van der Waals surface area contributed by atoms with Gasteiger partial charge in [0.15, 0.2) is 5.79 Å². The lowest BCUT2D eigenvalue weighted by Crippen LogP contribution is -2.48. The third-order valence-electron chi connectivity index (χ3n) is 4.23. The molecule has 1 aromatic rings. The van der Waals surface area contributed by atoms with Gasteiger partial charge in [-0.15, -0.1) is 0 Å². The number of piperidine rings is 1. The predicted octanol–water partition coefficient (Wildman–Crippen LogP) is 1.47. The zero-order valence-electron chi connectivity index (χ0n) is 12.8. The Labute approximate surface area is 130 Å². The minimum atomic E-state index is -0.430. The van der Waals surface area contributed by atoms with Crippen molar-refractivity contribution >= 4 is 11.6 Å². The predicted molar refractivity (Wildman–Crippen MR) is 81.9 cm³/mol. The van der Waals surface area contributed by atoms with Crippen molar-refractivity contribution in [3.8, 4) is 5.75 Å². The van der Waals surface area contributed by atoms with Gasteiger partial charge in [-0.3, -0.25) is 4.79 Å². The van der Waals surface area contributed by atoms with Gasteiger partial charge in [0.2, 0.25) is 5.91 Å². The number of benzene rings is 1. The van der Waals surface area contributed by atoms with Gasteiger partial charge in [-0.05, 0) is 24.3 Å². The lowest BCUT2D eigenvalue weighted by atomic mass is 10.0. The highest BCUT2D eigenvalue weighted by Gasteiger charge is 2.40. The fourth-order valence-electron chi connectivity index (χ4n) is 2.88. The maximum atomic E-state index is 12.3. The van der Waals surface area contributed by atoms with E-state index in [1.165, 1.54) is 0 Å². The van der Waals surface area contributed by atoms with Crippen molar-refractivity contribution in [2.75, 3.05) is 45.3 Å². The van der Waals surface area contributed by atoms with E-state index in [-0.39, 0.29) is 5.91 Å². The number of rotatable bonds is 4. The molecule has 0 unspecified atom stereocenters. The van der Waals surface area contributed by atoms with E-state index in [0.717, 1.165) is 24.3 Å². The summed E-state index contributed by atoms with van der Waals surface area (Å²) in [7, 11) is 1.63. The number of anilines is 1. The highest BCUT2D eigenvalue weighted by Crippen LogP contribution is 2.31. The average Bonchev–Trinajstić information content (AvgIpc) is 3.02. The van der Waals surface area contributed by atoms with E-state index in [2.05, 4.69) is 5.32 Å². The largest absolute Gasteiger partial charge is 0.497 e. The second-order valence-electron chi connectivity index (χ2n) is 5.57. The number of likely N-dealkylation sites (tertiary alicyclic amines) is 1. The molecule has 6 nitrogen and oxygen atoms in total. The first kappa shape index (κ1) is 15.1. The van der Waals surface area contributed by atoms with Crippen LogP contribution in [0.4, 0.5) is 5.69 Å². The van der Waals surface area contributed by atoms with Crippen molar-refractivity contribution in [2.24, 2.45) is 0 Å². The fraction of sp³-hybridized carbons (Fsp3) is 0.562. The summed E-state index contributed by atoms with van der Waals surface area (Å²) in [5, 5.41) is 3.14. The maximum Gasteiger partial charge on any atom is 0.241 e. The first-order valence-electron chi connectivity index (χ1n) is 7.64. The smallest absolute Gasteiger partial charge is 0.241 e. The second kappa shape index (κ2) is 6.54. The quantitative estimate of drug-likeness (QED) is 0.913. The van der Waals surface area contributed by atoms with Gasteiger partial charge in [0, 0.05) is 31.6 Å². The molecule has 1 spiro atoms. The summed E-state index contributed by atoms with van der Waals surface area (Å²) in [5.41, 5.74) is 0.907. The third kappa shape index (κ3) is 3.34. The Morgan fingerprint density at radius 1 is 1.23 bits per heavy atom. The Bertz CT molecular complexity index is 501. The molecular formula is C16H22N2O4. The van der Waals surface area contributed by atoms with Gasteiger partial charge in [-0.1, -0.05) is 0 Å². The van der Waals surface area contributed by atoms with Crippen LogP contribution in [-0.2, 0) is 14.3 Å². The van der Waals surface area contributed by atoms with Crippen LogP contribution in [0, 0.1) is 0 Å². The number of methoxy groups -OCH3 is 1. The molecule has 2 aliphatic heterocycles. The van der Waals surface area contributed by atoms with Gasteiger partial charge in [-0.2, -0.15) is 0 Å². The van der Waals surface area contributed by atoms with Crippen molar-refractivity contribution in [3.63, 3.8) is 0 Å². The lowest BCUT2D eigenvalue weighted by molar-refractivity contribution is -0.187. The van der Waals surface area contributed by atoms with Crippen LogP contribution in [0.15, 0.2) is 24.3 Å². The van der Waals surface area contributed by atoms with Crippen LogP contribution in [0.25, 0.3) is 0 Å². The topological polar surface area (TPSA) is 60.0 Å². The Morgan fingerprint density at radius 3 is 2.45 bits per heavy atom. The van der Waals surface area contributed by atoms with Crippen LogP contribution in [0.2, 0.25) is 0 Å². The monoisotopic (exact) mass is 306 g/mol. The number of hydrogen-bond acceptors (Lipinski definition) is 5. The molecule has 1 N–H and O–H groups in total. The summed E-state index contributed by atoms with van der Waals surface area (Å²) in [6.45, 7) is 2.98. The number of nitrogens with zero attached hydrogens (tertiary/aromatic N) is 1. The van der Waals surface area contributed by atoms with E-state index in [0.29, 0.717) is 32.8 Å². The maximum absolute atomic E-state index is 12.3. The van der Waals surface area contributed by atoms with Crippen molar-refractivity contribution in [2.45, 2.75) is 18.6 Å². The van der Waals surface area contributed by atoms with Crippen LogP contribution in [0.1, 0.15) is 12.8 Å². The molecular weight excluding hydrogens is 284 g/mol. The summed E-state index contributed by atoms with van der Waals surface area (Å²) in [4.78, 5) is 14.1. The molecule has 0 atom stereocenters. The molecule has 0 aromatic heterocycles. The number of hydrogen-bond donors (Lipinski definition) is 1. The first-order chi connectivity index (χ1) is 10.7. The highest BCUT2D eigenvalue weighted by molar-refractivity contribution is 5.81. The van der Waals surface area contributed by atoms with E-state index in [4.69, 9.17) is 14.2 Å². The second-order valence-corrected chi connectivity index (χ2v) is 5.57. The molecule has 2 saturated heterocycles. The molecule has 3 rings (SSSR count). The van der Waals surface area contributed by atoms with Crippen LogP contribution >= 0.6 is 0 Å². The highest BCUT2D eigenvalue weighted by atomic mass is 16.7. The van der Waals surface area contributed by atoms with Gasteiger partial charge >= 0.3 is 0 Å². The first-order valence-corrected chi connectivity index (χ1v) is 7.64. The molecule has 2 fully saturated rings. The summed E-state index contributed by atoms with van der Waals surface area (Å²) in [6, 6.07) is 7.54. The molecule has 0 aliphatic carbocycles. The van der Waals surface area contributed by atoms with Gasteiger partial charge in [0.05, 0.1) is 26.9 Å². The number of carbonyl (C=O) groups is 1. The van der Waals surface area contributed by atoms with E-state index < -0.39 is 5.79 Å². The van der Waals surface area contributed by atoms with Crippen LogP contribution < -0.4 is 10.1 Å². The Balaban J connectivity index is 1.46. The van der Waals surface area contributed by atoms with Crippen molar-refractivity contribution in [1.82, 2.24) is 4.90 Å². The molecule has 2 heterocycles. The minimum absolute atomic E-state index is 0.101. The Kier molecular flexibility index (Phi) is 4.49. The van der Waals surface area contributed by atoms with Gasteiger partial charge in [-0.25, -0.2) is 0 Å². The van der Waals surface area contributed by atoms with E-state index in [1.807, 2.05) is 29.2 Å². The summed E-state index contributed by atoms with van der Waals surface area (Å²) >= 11 is 0. The third-order valence-corrected chi connectivity index (χ3v) is 4.23. The molecule has 0 saturated carbocycles. The average molecular weight is 306 g/mol. The van der Waals surface area contributed by atoms with Crippen LogP contribution in [0.3, 0.4) is 0 Å². The van der Waals surface area contributed by atoms with E-state index in [9.17, 15) is 4.79 Å². The Hall–Kier alpha value is -1.79. The van der Waals surface area contributed by atoms with Crippen LogP contribution in [-0.4, -0.2) is 56.6 Å². The van der Waals surface area contributed by atoms with Gasteiger partial charge in [0.25, 0.3) is 0 Å². The summed E-state index contributed by atoms with van der Waals surface area (Å²) in [5.74, 6) is 0.471. The molecule has 2 aliphatic rings. The van der Waals surface area contributed by atoms with Crippen LogP contribution in [0.5, 0.6) is 5.75 Å². The standard InChI is InChI=1S/C16H22N2O4/c1-20-14-4-2-13(3-5-14)17-12-15(19)18-8-6-16(7-9-18)21-10-11-22-16/h2-5,17H,6-12H2,1H3. The minimum Gasteiger partial charge on any atom is -0.497 e. The van der Waals surface area contributed by atoms with Gasteiger partial charge in [0.1, 0.15) is 5.75 Å². The number of nitrogens with one attached hydrogen (secondary N) is 1. The molecule has 6 heteroatoms. The molecule has 0 radical (unpaired) electrons. The van der Waals surface area contributed by atoms with Crippen molar-refractivity contribution in [1.29, 1.82) is 0 Å². The fourth-order valence-corrected chi connectivity index (χ4v) is 2.88. The van der Waals surface area contributed by atoms with E-state index in [1.54, 1.807) is 7.11 Å². The van der Waals surface area contributed by atoms with Crippen molar-refractivity contribution < 1.29 is 19.0 Å². The molecule has 22 heavy (non-hydrogen) atoms. The van der Waals surface area contributed by atoms with Crippen molar-refractivity contribution in [3.05, 3.63) is 24.3 Å². The molecule has 1 aromatic carbocycles. The van der Waals surface area contributed by atoms with E-state index >= 15 is 0 Å². The number of amides is 1.